The second-order valence-corrected chi connectivity index (χ2v) is 13.8. The third-order valence-electron chi connectivity index (χ3n) is 10.5. The number of piperazine rings is 1. The fraction of sp³-hybridized carbons (Fsp3) is 0.571. The van der Waals surface area contributed by atoms with Crippen LogP contribution in [0.15, 0.2) is 36.4 Å². The van der Waals surface area contributed by atoms with Crippen LogP contribution in [0.4, 0.5) is 21.0 Å². The molecule has 4 aliphatic heterocycles. The molecule has 3 amide bonds. The van der Waals surface area contributed by atoms with Gasteiger partial charge in [-0.15, -0.1) is 0 Å². The number of aryl methyl sites for hydroxylation is 1. The second kappa shape index (κ2) is 14.3. The van der Waals surface area contributed by atoms with Crippen molar-refractivity contribution in [3.63, 3.8) is 0 Å². The average molecular weight is 667 g/mol. The van der Waals surface area contributed by atoms with Crippen LogP contribution in [0.3, 0.4) is 0 Å². The first-order valence-corrected chi connectivity index (χ1v) is 17.4. The molecule has 0 saturated carbocycles. The fourth-order valence-electron chi connectivity index (χ4n) is 7.82. The number of amides is 3. The number of nitrogens with one attached hydrogen (secondary N) is 2. The lowest BCUT2D eigenvalue weighted by atomic mass is 9.82. The molecule has 2 aromatic carbocycles. The van der Waals surface area contributed by atoms with Gasteiger partial charge in [0.25, 0.3) is 5.91 Å². The predicted octanol–water partition coefficient (Wildman–Crippen LogP) is 4.75. The number of halogens is 1. The molecule has 12 heteroatoms. The van der Waals surface area contributed by atoms with Crippen LogP contribution in [0.25, 0.3) is 0 Å². The molecule has 47 heavy (non-hydrogen) atoms. The highest BCUT2D eigenvalue weighted by Crippen LogP contribution is 2.43. The molecule has 6 rings (SSSR count). The number of para-hydroxylation sites is 1. The van der Waals surface area contributed by atoms with Crippen molar-refractivity contribution in [2.75, 3.05) is 63.4 Å². The summed E-state index contributed by atoms with van der Waals surface area (Å²) in [6.45, 7) is 9.53. The Balaban J connectivity index is 1.14. The number of carbonyl (C=O) groups is 3. The van der Waals surface area contributed by atoms with Crippen LogP contribution < -0.4 is 16.4 Å². The van der Waals surface area contributed by atoms with Gasteiger partial charge in [0.05, 0.1) is 16.4 Å². The number of nitrogens with two attached hydrogens (primary N) is 1. The maximum atomic E-state index is 14.1. The fourth-order valence-corrected chi connectivity index (χ4v) is 8.11. The zero-order valence-electron chi connectivity index (χ0n) is 27.4. The van der Waals surface area contributed by atoms with Gasteiger partial charge in [0.2, 0.25) is 0 Å². The summed E-state index contributed by atoms with van der Waals surface area (Å²) in [5.74, 6) is 0.464. The summed E-state index contributed by atoms with van der Waals surface area (Å²) in [6.07, 6.45) is 2.54. The van der Waals surface area contributed by atoms with Gasteiger partial charge in [0.1, 0.15) is 5.60 Å². The molecule has 3 fully saturated rings. The molecule has 3 saturated heterocycles. The Morgan fingerprint density at radius 3 is 2.57 bits per heavy atom. The maximum absolute atomic E-state index is 14.1. The molecule has 2 unspecified atom stereocenters. The van der Waals surface area contributed by atoms with Crippen LogP contribution in [-0.2, 0) is 26.3 Å². The lowest BCUT2D eigenvalue weighted by Crippen LogP contribution is -2.59. The number of hydrogen-bond donors (Lipinski definition) is 3. The van der Waals surface area contributed by atoms with Crippen LogP contribution >= 0.6 is 11.6 Å². The summed E-state index contributed by atoms with van der Waals surface area (Å²) in [7, 11) is 0. The first-order chi connectivity index (χ1) is 22.7. The number of ether oxygens (including phenoxy) is 2. The molecule has 0 bridgehead atoms. The number of carbonyl (C=O) groups excluding carboxylic acids is 3. The van der Waals surface area contributed by atoms with Crippen LogP contribution in [0.2, 0.25) is 5.02 Å². The van der Waals surface area contributed by atoms with E-state index in [2.05, 4.69) is 22.5 Å². The van der Waals surface area contributed by atoms with Crippen molar-refractivity contribution in [2.24, 2.45) is 5.92 Å². The van der Waals surface area contributed by atoms with E-state index in [-0.39, 0.29) is 12.3 Å². The van der Waals surface area contributed by atoms with Crippen molar-refractivity contribution in [3.8, 4) is 0 Å². The topological polar surface area (TPSA) is 129 Å². The number of rotatable bonds is 7. The maximum Gasteiger partial charge on any atom is 0.412 e. The molecule has 11 nitrogen and oxygen atoms in total. The van der Waals surface area contributed by atoms with E-state index in [0.717, 1.165) is 48.6 Å². The molecular formula is C35H47ClN6O5. The highest BCUT2D eigenvalue weighted by atomic mass is 35.5. The summed E-state index contributed by atoms with van der Waals surface area (Å²) in [6, 6.07) is 11.7. The number of hydrogen-bond acceptors (Lipinski definition) is 8. The van der Waals surface area contributed by atoms with Gasteiger partial charge in [-0.2, -0.15) is 0 Å². The third kappa shape index (κ3) is 7.17. The molecule has 2 aromatic rings. The number of nitrogens with zero attached hydrogens (tertiary/aromatic N) is 3. The Kier molecular flexibility index (Phi) is 10.1. The molecule has 0 aromatic heterocycles. The molecule has 4 N–H and O–H groups in total. The normalized spacial score (nSPS) is 23.4. The van der Waals surface area contributed by atoms with Crippen molar-refractivity contribution >= 4 is 41.1 Å². The predicted molar refractivity (Wildman–Crippen MR) is 181 cm³/mol. The van der Waals surface area contributed by atoms with Gasteiger partial charge in [-0.05, 0) is 55.5 Å². The van der Waals surface area contributed by atoms with E-state index in [1.54, 1.807) is 11.0 Å². The SMILES string of the molecule is CCCC1CCNCC1N1CCN(C(=O)[C@@H](Cc2cc(C)c(N)c(Cl)c2)OC(=O)N2CCC3(CC2)OC(=O)Nc2ccccc23)CC1. The molecular weight excluding hydrogens is 620 g/mol. The van der Waals surface area contributed by atoms with Crippen molar-refractivity contribution in [3.05, 3.63) is 58.1 Å². The quantitative estimate of drug-likeness (QED) is 0.361. The standard InChI is InChI=1S/C35H47ClN6O5/c1-3-6-25-9-12-38-22-29(25)40-15-17-41(18-16-40)32(43)30(21-24-19-23(2)31(37)27(36)20-24)46-34(45)42-13-10-35(11-14-42)26-7-4-5-8-28(26)39-33(44)47-35/h4-5,7-8,19-20,25,29-30,38H,3,6,9-18,21-22,37H2,1-2H3,(H,39,44)/t25?,29?,30-/m1/s1. The van der Waals surface area contributed by atoms with E-state index in [0.29, 0.717) is 61.7 Å². The molecule has 254 valence electrons. The van der Waals surface area contributed by atoms with E-state index >= 15 is 0 Å². The number of nitrogen functional groups attached to an aromatic ring is 1. The van der Waals surface area contributed by atoms with E-state index in [1.165, 1.54) is 19.3 Å². The molecule has 3 atom stereocenters. The van der Waals surface area contributed by atoms with Crippen LogP contribution in [-0.4, -0.2) is 97.3 Å². The highest BCUT2D eigenvalue weighted by molar-refractivity contribution is 6.33. The highest BCUT2D eigenvalue weighted by Gasteiger charge is 2.46. The van der Waals surface area contributed by atoms with Gasteiger partial charge in [0, 0.05) is 76.7 Å². The smallest absolute Gasteiger partial charge is 0.412 e. The first-order valence-electron chi connectivity index (χ1n) is 17.0. The molecule has 4 aliphatic rings. The first kappa shape index (κ1) is 33.4. The molecule has 0 radical (unpaired) electrons. The van der Waals surface area contributed by atoms with Gasteiger partial charge < -0.3 is 30.3 Å². The summed E-state index contributed by atoms with van der Waals surface area (Å²) >= 11 is 6.41. The van der Waals surface area contributed by atoms with E-state index in [4.69, 9.17) is 26.8 Å². The van der Waals surface area contributed by atoms with Crippen molar-refractivity contribution in [2.45, 2.75) is 70.1 Å². The zero-order chi connectivity index (χ0) is 33.1. The summed E-state index contributed by atoms with van der Waals surface area (Å²) in [5.41, 5.74) is 8.98. The Labute approximate surface area is 282 Å². The van der Waals surface area contributed by atoms with Gasteiger partial charge in [-0.25, -0.2) is 9.59 Å². The van der Waals surface area contributed by atoms with Crippen LogP contribution in [0.1, 0.15) is 55.7 Å². The van der Waals surface area contributed by atoms with Crippen molar-refractivity contribution in [1.29, 1.82) is 0 Å². The van der Waals surface area contributed by atoms with Gasteiger partial charge >= 0.3 is 12.2 Å². The number of fused-ring (bicyclic) bond motifs is 2. The van der Waals surface area contributed by atoms with Gasteiger partial charge in [-0.1, -0.05) is 49.2 Å². The third-order valence-corrected chi connectivity index (χ3v) is 10.8. The monoisotopic (exact) mass is 666 g/mol. The summed E-state index contributed by atoms with van der Waals surface area (Å²) in [4.78, 5) is 46.1. The minimum atomic E-state index is -1.02. The number of benzene rings is 2. The van der Waals surface area contributed by atoms with Crippen LogP contribution in [0, 0.1) is 12.8 Å². The second-order valence-electron chi connectivity index (χ2n) is 13.4. The van der Waals surface area contributed by atoms with Crippen LogP contribution in [0.5, 0.6) is 0 Å². The molecule has 1 spiro atoms. The Bertz CT molecular complexity index is 1450. The lowest BCUT2D eigenvalue weighted by Gasteiger charge is -2.45. The molecule has 0 aliphatic carbocycles. The average Bonchev–Trinajstić information content (AvgIpc) is 3.07. The van der Waals surface area contributed by atoms with Crippen molar-refractivity contribution in [1.82, 2.24) is 20.0 Å². The van der Waals surface area contributed by atoms with Crippen molar-refractivity contribution < 1.29 is 23.9 Å². The van der Waals surface area contributed by atoms with Gasteiger partial charge in [0.15, 0.2) is 6.10 Å². The summed E-state index contributed by atoms with van der Waals surface area (Å²) in [5, 5.41) is 6.74. The van der Waals surface area contributed by atoms with E-state index in [9.17, 15) is 14.4 Å². The number of piperidine rings is 2. The molecule has 4 heterocycles. The van der Waals surface area contributed by atoms with E-state index < -0.39 is 23.9 Å². The minimum absolute atomic E-state index is 0.186. The zero-order valence-corrected chi connectivity index (χ0v) is 28.2. The Hall–Kier alpha value is -3.54. The number of likely N-dealkylation sites (tertiary alicyclic amines) is 1. The minimum Gasteiger partial charge on any atom is -0.438 e. The Morgan fingerprint density at radius 1 is 1.11 bits per heavy atom. The number of anilines is 2. The Morgan fingerprint density at radius 2 is 1.85 bits per heavy atom. The largest absolute Gasteiger partial charge is 0.438 e. The van der Waals surface area contributed by atoms with Gasteiger partial charge in [-0.3, -0.25) is 15.0 Å². The van der Waals surface area contributed by atoms with E-state index in [1.807, 2.05) is 42.2 Å². The lowest BCUT2D eigenvalue weighted by molar-refractivity contribution is -0.143. The summed E-state index contributed by atoms with van der Waals surface area (Å²) < 4.78 is 11.9.